The standard InChI is InChI=1S/C16H21NO4/c1-16(2,3)21-15(18)17-5-4-11-8-13-14(9-12(11)10-17)20-7-6-19-13/h8-9H,4-7,10H2,1-3H3. The van der Waals surface area contributed by atoms with Crippen molar-refractivity contribution in [1.29, 1.82) is 0 Å². The minimum Gasteiger partial charge on any atom is -0.486 e. The van der Waals surface area contributed by atoms with Crippen molar-refractivity contribution in [1.82, 2.24) is 4.90 Å². The van der Waals surface area contributed by atoms with Gasteiger partial charge in [-0.2, -0.15) is 0 Å². The minimum absolute atomic E-state index is 0.261. The van der Waals surface area contributed by atoms with Crippen molar-refractivity contribution in [2.45, 2.75) is 39.3 Å². The van der Waals surface area contributed by atoms with Gasteiger partial charge in [-0.05, 0) is 50.5 Å². The molecule has 0 aliphatic carbocycles. The summed E-state index contributed by atoms with van der Waals surface area (Å²) in [6.45, 7) is 8.03. The van der Waals surface area contributed by atoms with Gasteiger partial charge in [-0.25, -0.2) is 4.79 Å². The molecule has 1 aromatic carbocycles. The second-order valence-corrected chi connectivity index (χ2v) is 6.42. The molecule has 0 radical (unpaired) electrons. The molecule has 0 fully saturated rings. The summed E-state index contributed by atoms with van der Waals surface area (Å²) in [7, 11) is 0. The normalized spacial score (nSPS) is 17.2. The van der Waals surface area contributed by atoms with Gasteiger partial charge in [0.15, 0.2) is 11.5 Å². The number of rotatable bonds is 0. The van der Waals surface area contributed by atoms with E-state index in [4.69, 9.17) is 14.2 Å². The van der Waals surface area contributed by atoms with Crippen molar-refractivity contribution in [3.05, 3.63) is 23.3 Å². The molecule has 1 aromatic rings. The number of benzene rings is 1. The van der Waals surface area contributed by atoms with Crippen molar-refractivity contribution in [3.8, 4) is 11.5 Å². The Balaban J connectivity index is 1.77. The van der Waals surface area contributed by atoms with Gasteiger partial charge >= 0.3 is 6.09 Å². The van der Waals surface area contributed by atoms with Crippen LogP contribution in [0.5, 0.6) is 11.5 Å². The van der Waals surface area contributed by atoms with Crippen LogP contribution in [-0.4, -0.2) is 36.4 Å². The number of fused-ring (bicyclic) bond motifs is 2. The number of amides is 1. The number of hydrogen-bond acceptors (Lipinski definition) is 4. The minimum atomic E-state index is -0.468. The first-order valence-corrected chi connectivity index (χ1v) is 7.32. The Morgan fingerprint density at radius 3 is 2.38 bits per heavy atom. The van der Waals surface area contributed by atoms with Crippen molar-refractivity contribution < 1.29 is 19.0 Å². The molecule has 0 spiro atoms. The molecule has 2 heterocycles. The lowest BCUT2D eigenvalue weighted by molar-refractivity contribution is 0.0223. The van der Waals surface area contributed by atoms with Crippen LogP contribution in [0.15, 0.2) is 12.1 Å². The molecule has 0 aromatic heterocycles. The van der Waals surface area contributed by atoms with Gasteiger partial charge in [0.05, 0.1) is 0 Å². The van der Waals surface area contributed by atoms with E-state index < -0.39 is 5.60 Å². The molecule has 0 unspecified atom stereocenters. The smallest absolute Gasteiger partial charge is 0.410 e. The Labute approximate surface area is 124 Å². The molecule has 0 saturated heterocycles. The Bertz CT molecular complexity index is 562. The maximum atomic E-state index is 12.2. The molecule has 0 N–H and O–H groups in total. The number of hydrogen-bond donors (Lipinski definition) is 0. The van der Waals surface area contributed by atoms with Gasteiger partial charge in [0.25, 0.3) is 0 Å². The number of carbonyl (C=O) groups excluding carboxylic acids is 1. The number of carbonyl (C=O) groups is 1. The van der Waals surface area contributed by atoms with E-state index in [2.05, 4.69) is 0 Å². The van der Waals surface area contributed by atoms with Crippen LogP contribution in [0.2, 0.25) is 0 Å². The van der Waals surface area contributed by atoms with E-state index in [-0.39, 0.29) is 6.09 Å². The highest BCUT2D eigenvalue weighted by atomic mass is 16.6. The van der Waals surface area contributed by atoms with Crippen LogP contribution in [0.1, 0.15) is 31.9 Å². The highest BCUT2D eigenvalue weighted by molar-refractivity contribution is 5.69. The molecule has 5 heteroatoms. The first kappa shape index (κ1) is 14.0. The summed E-state index contributed by atoms with van der Waals surface area (Å²) in [6, 6.07) is 4.02. The highest BCUT2D eigenvalue weighted by Crippen LogP contribution is 2.35. The van der Waals surface area contributed by atoms with Crippen molar-refractivity contribution >= 4 is 6.09 Å². The van der Waals surface area contributed by atoms with Crippen LogP contribution < -0.4 is 9.47 Å². The zero-order chi connectivity index (χ0) is 15.0. The van der Waals surface area contributed by atoms with Gasteiger partial charge in [-0.15, -0.1) is 0 Å². The van der Waals surface area contributed by atoms with Gasteiger partial charge in [-0.3, -0.25) is 0 Å². The summed E-state index contributed by atoms with van der Waals surface area (Å²) in [5, 5.41) is 0. The third kappa shape index (κ3) is 3.06. The lowest BCUT2D eigenvalue weighted by Crippen LogP contribution is -2.40. The predicted octanol–water partition coefficient (Wildman–Crippen LogP) is 2.75. The molecular weight excluding hydrogens is 270 g/mol. The third-order valence-corrected chi connectivity index (χ3v) is 3.53. The van der Waals surface area contributed by atoms with E-state index in [1.807, 2.05) is 32.9 Å². The molecule has 5 nitrogen and oxygen atoms in total. The fourth-order valence-corrected chi connectivity index (χ4v) is 2.58. The summed E-state index contributed by atoms with van der Waals surface area (Å²) in [6.07, 6.45) is 0.550. The summed E-state index contributed by atoms with van der Waals surface area (Å²) in [5.74, 6) is 1.58. The van der Waals surface area contributed by atoms with Gasteiger partial charge in [0.2, 0.25) is 0 Å². The quantitative estimate of drug-likeness (QED) is 0.737. The Kier molecular flexibility index (Phi) is 3.43. The van der Waals surface area contributed by atoms with Crippen molar-refractivity contribution in [3.63, 3.8) is 0 Å². The average molecular weight is 291 g/mol. The van der Waals surface area contributed by atoms with Gasteiger partial charge in [0.1, 0.15) is 18.8 Å². The van der Waals surface area contributed by atoms with Crippen LogP contribution in [-0.2, 0) is 17.7 Å². The summed E-state index contributed by atoms with van der Waals surface area (Å²) >= 11 is 0. The topological polar surface area (TPSA) is 48.0 Å². The molecular formula is C16H21NO4. The average Bonchev–Trinajstić information content (AvgIpc) is 2.42. The summed E-state index contributed by atoms with van der Waals surface area (Å²) in [4.78, 5) is 13.9. The maximum absolute atomic E-state index is 12.2. The van der Waals surface area contributed by atoms with E-state index in [0.29, 0.717) is 26.3 Å². The van der Waals surface area contributed by atoms with Crippen molar-refractivity contribution in [2.75, 3.05) is 19.8 Å². The summed E-state index contributed by atoms with van der Waals surface area (Å²) < 4.78 is 16.6. The fourth-order valence-electron chi connectivity index (χ4n) is 2.58. The SMILES string of the molecule is CC(C)(C)OC(=O)N1CCc2cc3c(cc2C1)OCCO3. The second kappa shape index (κ2) is 5.13. The van der Waals surface area contributed by atoms with Gasteiger partial charge in [-0.1, -0.05) is 0 Å². The first-order chi connectivity index (χ1) is 9.92. The van der Waals surface area contributed by atoms with Gasteiger partial charge in [0, 0.05) is 13.1 Å². The zero-order valence-corrected chi connectivity index (χ0v) is 12.8. The van der Waals surface area contributed by atoms with Gasteiger partial charge < -0.3 is 19.1 Å². The molecule has 0 bridgehead atoms. The van der Waals surface area contributed by atoms with E-state index in [1.54, 1.807) is 4.90 Å². The second-order valence-electron chi connectivity index (χ2n) is 6.42. The zero-order valence-electron chi connectivity index (χ0n) is 12.8. The molecule has 2 aliphatic rings. The Hall–Kier alpha value is -1.91. The number of nitrogens with zero attached hydrogens (tertiary/aromatic N) is 1. The van der Waals surface area contributed by atoms with E-state index in [0.717, 1.165) is 23.5 Å². The Morgan fingerprint density at radius 1 is 1.14 bits per heavy atom. The molecule has 21 heavy (non-hydrogen) atoms. The number of ether oxygens (including phenoxy) is 3. The molecule has 3 rings (SSSR count). The molecule has 0 saturated carbocycles. The van der Waals surface area contributed by atoms with E-state index >= 15 is 0 Å². The molecule has 114 valence electrons. The molecule has 1 amide bonds. The third-order valence-electron chi connectivity index (χ3n) is 3.53. The fraction of sp³-hybridized carbons (Fsp3) is 0.562. The maximum Gasteiger partial charge on any atom is 0.410 e. The molecule has 2 aliphatic heterocycles. The predicted molar refractivity (Wildman–Crippen MR) is 77.8 cm³/mol. The van der Waals surface area contributed by atoms with Crippen LogP contribution in [0.4, 0.5) is 4.79 Å². The first-order valence-electron chi connectivity index (χ1n) is 7.32. The van der Waals surface area contributed by atoms with Crippen LogP contribution >= 0.6 is 0 Å². The van der Waals surface area contributed by atoms with Crippen molar-refractivity contribution in [2.24, 2.45) is 0 Å². The summed E-state index contributed by atoms with van der Waals surface area (Å²) in [5.41, 5.74) is 1.86. The van der Waals surface area contributed by atoms with Crippen LogP contribution in [0.25, 0.3) is 0 Å². The monoisotopic (exact) mass is 291 g/mol. The highest BCUT2D eigenvalue weighted by Gasteiger charge is 2.27. The van der Waals surface area contributed by atoms with Crippen LogP contribution in [0, 0.1) is 0 Å². The largest absolute Gasteiger partial charge is 0.486 e. The molecule has 0 atom stereocenters. The lowest BCUT2D eigenvalue weighted by atomic mass is 9.99. The van der Waals surface area contributed by atoms with Crippen LogP contribution in [0.3, 0.4) is 0 Å². The van der Waals surface area contributed by atoms with E-state index in [1.165, 1.54) is 5.56 Å². The van der Waals surface area contributed by atoms with E-state index in [9.17, 15) is 4.79 Å². The Morgan fingerprint density at radius 2 is 1.76 bits per heavy atom. The lowest BCUT2D eigenvalue weighted by Gasteiger charge is -2.32.